The van der Waals surface area contributed by atoms with Crippen LogP contribution in [-0.2, 0) is 19.0 Å². The lowest BCUT2D eigenvalue weighted by Gasteiger charge is -2.30. The molecule has 2 rings (SSSR count). The Labute approximate surface area is 113 Å². The number of hydrogen-bond acceptors (Lipinski definition) is 5. The molecule has 108 valence electrons. The van der Waals surface area contributed by atoms with E-state index in [9.17, 15) is 9.59 Å². The SMILES string of the molecule is CC1(C(=O)OCCC2CCCCC2)COC(=O)OC1. The first-order valence-electron chi connectivity index (χ1n) is 7.07. The molecule has 0 unspecified atom stereocenters. The average Bonchev–Trinajstić information content (AvgIpc) is 2.43. The number of esters is 1. The minimum Gasteiger partial charge on any atom is -0.465 e. The second-order valence-corrected chi connectivity index (χ2v) is 5.82. The van der Waals surface area contributed by atoms with Crippen molar-refractivity contribution in [3.05, 3.63) is 0 Å². The second kappa shape index (κ2) is 6.26. The minimum absolute atomic E-state index is 0.0358. The van der Waals surface area contributed by atoms with E-state index in [0.29, 0.717) is 12.5 Å². The Balaban J connectivity index is 1.70. The van der Waals surface area contributed by atoms with Crippen LogP contribution in [0, 0.1) is 11.3 Å². The summed E-state index contributed by atoms with van der Waals surface area (Å²) >= 11 is 0. The highest BCUT2D eigenvalue weighted by Gasteiger charge is 2.41. The standard InChI is InChI=1S/C14H22O5/c1-14(9-18-13(16)19-10-14)12(15)17-8-7-11-5-3-2-4-6-11/h11H,2-10H2,1H3. The quantitative estimate of drug-likeness (QED) is 0.735. The van der Waals surface area contributed by atoms with Gasteiger partial charge in [-0.3, -0.25) is 4.79 Å². The molecule has 1 saturated carbocycles. The molecule has 0 N–H and O–H groups in total. The highest BCUT2D eigenvalue weighted by atomic mass is 16.7. The summed E-state index contributed by atoms with van der Waals surface area (Å²) in [6.07, 6.45) is 6.62. The van der Waals surface area contributed by atoms with E-state index in [1.165, 1.54) is 32.1 Å². The van der Waals surface area contributed by atoms with Crippen LogP contribution in [0.1, 0.15) is 45.4 Å². The van der Waals surface area contributed by atoms with E-state index in [-0.39, 0.29) is 19.2 Å². The first-order chi connectivity index (χ1) is 9.10. The molecule has 0 radical (unpaired) electrons. The van der Waals surface area contributed by atoms with Crippen molar-refractivity contribution >= 4 is 12.1 Å². The van der Waals surface area contributed by atoms with E-state index in [0.717, 1.165) is 6.42 Å². The zero-order valence-corrected chi connectivity index (χ0v) is 11.5. The minimum atomic E-state index is -0.861. The van der Waals surface area contributed by atoms with Gasteiger partial charge in [0.25, 0.3) is 0 Å². The van der Waals surface area contributed by atoms with Crippen LogP contribution >= 0.6 is 0 Å². The van der Waals surface area contributed by atoms with Gasteiger partial charge in [-0.1, -0.05) is 32.1 Å². The summed E-state index contributed by atoms with van der Waals surface area (Å²) in [7, 11) is 0. The van der Waals surface area contributed by atoms with Crippen molar-refractivity contribution in [3.8, 4) is 0 Å². The molecule has 0 aromatic carbocycles. The molecule has 19 heavy (non-hydrogen) atoms. The van der Waals surface area contributed by atoms with Crippen molar-refractivity contribution < 1.29 is 23.8 Å². The summed E-state index contributed by atoms with van der Waals surface area (Å²) < 4.78 is 14.8. The van der Waals surface area contributed by atoms with E-state index < -0.39 is 11.6 Å². The third-order valence-electron chi connectivity index (χ3n) is 3.99. The summed E-state index contributed by atoms with van der Waals surface area (Å²) in [5, 5.41) is 0. The molecule has 0 amide bonds. The van der Waals surface area contributed by atoms with Crippen molar-refractivity contribution in [2.75, 3.05) is 19.8 Å². The zero-order valence-electron chi connectivity index (χ0n) is 11.5. The molecule has 2 fully saturated rings. The summed E-state index contributed by atoms with van der Waals surface area (Å²) in [4.78, 5) is 22.8. The molecule has 1 saturated heterocycles. The van der Waals surface area contributed by atoms with Crippen LogP contribution in [0.15, 0.2) is 0 Å². The monoisotopic (exact) mass is 270 g/mol. The van der Waals surface area contributed by atoms with Gasteiger partial charge in [-0.05, 0) is 19.3 Å². The number of carbonyl (C=O) groups excluding carboxylic acids is 2. The lowest BCUT2D eigenvalue weighted by atomic mass is 9.87. The van der Waals surface area contributed by atoms with Gasteiger partial charge in [0.2, 0.25) is 0 Å². The summed E-state index contributed by atoms with van der Waals surface area (Å²) in [6.45, 7) is 2.22. The topological polar surface area (TPSA) is 61.8 Å². The lowest BCUT2D eigenvalue weighted by Crippen LogP contribution is -2.44. The molecule has 5 heteroatoms. The van der Waals surface area contributed by atoms with Gasteiger partial charge in [0.15, 0.2) is 0 Å². The fraction of sp³-hybridized carbons (Fsp3) is 0.857. The Hall–Kier alpha value is -1.26. The lowest BCUT2D eigenvalue weighted by molar-refractivity contribution is -0.166. The van der Waals surface area contributed by atoms with Crippen molar-refractivity contribution in [2.45, 2.75) is 45.4 Å². The third kappa shape index (κ3) is 3.85. The summed E-state index contributed by atoms with van der Waals surface area (Å²) in [6, 6.07) is 0. The van der Waals surface area contributed by atoms with E-state index in [1.54, 1.807) is 6.92 Å². The fourth-order valence-electron chi connectivity index (χ4n) is 2.61. The molecule has 5 nitrogen and oxygen atoms in total. The Bertz CT molecular complexity index is 323. The molecule has 0 aromatic rings. The predicted molar refractivity (Wildman–Crippen MR) is 67.6 cm³/mol. The number of ether oxygens (including phenoxy) is 3. The molecule has 0 spiro atoms. The van der Waals surface area contributed by atoms with Crippen LogP contribution in [0.3, 0.4) is 0 Å². The van der Waals surface area contributed by atoms with Crippen molar-refractivity contribution in [3.63, 3.8) is 0 Å². The largest absolute Gasteiger partial charge is 0.508 e. The smallest absolute Gasteiger partial charge is 0.465 e. The average molecular weight is 270 g/mol. The van der Waals surface area contributed by atoms with E-state index in [1.807, 2.05) is 0 Å². The van der Waals surface area contributed by atoms with Gasteiger partial charge in [0.1, 0.15) is 18.6 Å². The van der Waals surface area contributed by atoms with Crippen LogP contribution in [0.4, 0.5) is 4.79 Å². The van der Waals surface area contributed by atoms with Crippen molar-refractivity contribution in [1.29, 1.82) is 0 Å². The third-order valence-corrected chi connectivity index (χ3v) is 3.99. The number of carbonyl (C=O) groups is 2. The highest BCUT2D eigenvalue weighted by molar-refractivity contribution is 5.78. The molecular formula is C14H22O5. The van der Waals surface area contributed by atoms with Crippen LogP contribution < -0.4 is 0 Å². The first kappa shape index (κ1) is 14.2. The van der Waals surface area contributed by atoms with Gasteiger partial charge in [0.05, 0.1) is 6.61 Å². The Morgan fingerprint density at radius 2 is 1.89 bits per heavy atom. The summed E-state index contributed by atoms with van der Waals surface area (Å²) in [5.74, 6) is 0.352. The van der Waals surface area contributed by atoms with E-state index in [4.69, 9.17) is 14.2 Å². The molecule has 1 aliphatic heterocycles. The molecule has 1 aliphatic carbocycles. The Morgan fingerprint density at radius 3 is 2.53 bits per heavy atom. The van der Waals surface area contributed by atoms with Gasteiger partial charge in [0, 0.05) is 0 Å². The van der Waals surface area contributed by atoms with Crippen LogP contribution in [-0.4, -0.2) is 31.9 Å². The first-order valence-corrected chi connectivity index (χ1v) is 7.07. The van der Waals surface area contributed by atoms with Crippen molar-refractivity contribution in [2.24, 2.45) is 11.3 Å². The normalized spacial score (nSPS) is 23.3. The maximum absolute atomic E-state index is 12.0. The molecule has 1 heterocycles. The Kier molecular flexibility index (Phi) is 4.66. The number of cyclic esters (lactones) is 2. The Morgan fingerprint density at radius 1 is 1.26 bits per heavy atom. The van der Waals surface area contributed by atoms with Gasteiger partial charge in [-0.25, -0.2) is 4.79 Å². The van der Waals surface area contributed by atoms with Crippen LogP contribution in [0.2, 0.25) is 0 Å². The van der Waals surface area contributed by atoms with E-state index >= 15 is 0 Å². The van der Waals surface area contributed by atoms with Gasteiger partial charge < -0.3 is 14.2 Å². The maximum atomic E-state index is 12.0. The van der Waals surface area contributed by atoms with Crippen LogP contribution in [0.5, 0.6) is 0 Å². The maximum Gasteiger partial charge on any atom is 0.508 e. The van der Waals surface area contributed by atoms with E-state index in [2.05, 4.69) is 0 Å². The fourth-order valence-corrected chi connectivity index (χ4v) is 2.61. The molecule has 2 aliphatic rings. The molecule has 0 atom stereocenters. The highest BCUT2D eigenvalue weighted by Crippen LogP contribution is 2.27. The summed E-state index contributed by atoms with van der Waals surface area (Å²) in [5.41, 5.74) is -0.861. The number of hydrogen-bond donors (Lipinski definition) is 0. The molecule has 0 bridgehead atoms. The van der Waals surface area contributed by atoms with Crippen molar-refractivity contribution in [1.82, 2.24) is 0 Å². The second-order valence-electron chi connectivity index (χ2n) is 5.82. The number of rotatable bonds is 4. The van der Waals surface area contributed by atoms with Gasteiger partial charge >= 0.3 is 12.1 Å². The predicted octanol–water partition coefficient (Wildman–Crippen LogP) is 2.67. The van der Waals surface area contributed by atoms with Gasteiger partial charge in [-0.15, -0.1) is 0 Å². The zero-order chi connectivity index (χ0) is 13.7. The molecular weight excluding hydrogens is 248 g/mol. The van der Waals surface area contributed by atoms with Crippen LogP contribution in [0.25, 0.3) is 0 Å². The van der Waals surface area contributed by atoms with Gasteiger partial charge in [-0.2, -0.15) is 0 Å². The molecule has 0 aromatic heterocycles.